The molecule has 0 unspecified atom stereocenters. The normalized spacial score (nSPS) is 19.0. The van der Waals surface area contributed by atoms with Gasteiger partial charge in [-0.3, -0.25) is 9.69 Å². The fourth-order valence-corrected chi connectivity index (χ4v) is 4.51. The van der Waals surface area contributed by atoms with Gasteiger partial charge in [0.2, 0.25) is 5.91 Å². The molecule has 2 aliphatic rings. The molecule has 0 bridgehead atoms. The third-order valence-electron chi connectivity index (χ3n) is 6.28. The summed E-state index contributed by atoms with van der Waals surface area (Å²) < 4.78 is 38.1. The lowest BCUT2D eigenvalue weighted by atomic mass is 9.71. The lowest BCUT2D eigenvalue weighted by Crippen LogP contribution is -2.62. The van der Waals surface area contributed by atoms with Gasteiger partial charge in [-0.25, -0.2) is 0 Å². The molecule has 2 fully saturated rings. The van der Waals surface area contributed by atoms with Crippen molar-refractivity contribution >= 4 is 17.5 Å². The Morgan fingerprint density at radius 2 is 1.50 bits per heavy atom. The standard InChI is InChI=1S/C23H24ClF3N2O/c24-20-7-3-17(4-8-20)13-21(30)29-15-22(16-29)9-11-28(12-10-22)14-18-1-5-19(6-2-18)23(25,26)27/h1-8H,9-16H2. The highest BCUT2D eigenvalue weighted by atomic mass is 35.5. The fourth-order valence-electron chi connectivity index (χ4n) is 4.39. The fraction of sp³-hybridized carbons (Fsp3) is 0.435. The number of carbonyl (C=O) groups excluding carboxylic acids is 1. The van der Waals surface area contributed by atoms with Gasteiger partial charge in [0.15, 0.2) is 0 Å². The van der Waals surface area contributed by atoms with Gasteiger partial charge >= 0.3 is 6.18 Å². The Labute approximate surface area is 179 Å². The molecule has 3 nitrogen and oxygen atoms in total. The Morgan fingerprint density at radius 3 is 2.07 bits per heavy atom. The molecule has 7 heteroatoms. The van der Waals surface area contributed by atoms with Gasteiger partial charge in [0.05, 0.1) is 12.0 Å². The predicted molar refractivity (Wildman–Crippen MR) is 110 cm³/mol. The molecule has 4 rings (SSSR count). The molecule has 0 aromatic heterocycles. The first-order valence-electron chi connectivity index (χ1n) is 10.1. The van der Waals surface area contributed by atoms with Crippen molar-refractivity contribution in [3.05, 3.63) is 70.2 Å². The second-order valence-corrected chi connectivity index (χ2v) is 8.96. The summed E-state index contributed by atoms with van der Waals surface area (Å²) in [6, 6.07) is 12.8. The first-order chi connectivity index (χ1) is 14.2. The van der Waals surface area contributed by atoms with Gasteiger partial charge in [0.25, 0.3) is 0 Å². The zero-order chi connectivity index (χ0) is 21.4. The predicted octanol–water partition coefficient (Wildman–Crippen LogP) is 5.03. The van der Waals surface area contributed by atoms with Gasteiger partial charge in [-0.1, -0.05) is 35.9 Å². The molecule has 1 amide bonds. The van der Waals surface area contributed by atoms with Gasteiger partial charge in [-0.15, -0.1) is 0 Å². The quantitative estimate of drug-likeness (QED) is 0.671. The van der Waals surface area contributed by atoms with E-state index >= 15 is 0 Å². The lowest BCUT2D eigenvalue weighted by molar-refractivity contribution is -0.146. The van der Waals surface area contributed by atoms with E-state index in [0.717, 1.165) is 62.3 Å². The van der Waals surface area contributed by atoms with Crippen LogP contribution in [0.5, 0.6) is 0 Å². The largest absolute Gasteiger partial charge is 0.416 e. The van der Waals surface area contributed by atoms with Gasteiger partial charge < -0.3 is 4.90 Å². The van der Waals surface area contributed by atoms with Gasteiger partial charge in [0.1, 0.15) is 0 Å². The molecule has 0 saturated carbocycles. The minimum absolute atomic E-state index is 0.148. The third kappa shape index (κ3) is 4.81. The van der Waals surface area contributed by atoms with Crippen molar-refractivity contribution in [2.45, 2.75) is 32.0 Å². The third-order valence-corrected chi connectivity index (χ3v) is 6.53. The van der Waals surface area contributed by atoms with E-state index in [1.165, 1.54) is 0 Å². The van der Waals surface area contributed by atoms with Gasteiger partial charge in [-0.2, -0.15) is 13.2 Å². The number of nitrogens with zero attached hydrogens (tertiary/aromatic N) is 2. The van der Waals surface area contributed by atoms with Crippen LogP contribution in [0.2, 0.25) is 5.02 Å². The van der Waals surface area contributed by atoms with Crippen molar-refractivity contribution in [3.63, 3.8) is 0 Å². The van der Waals surface area contributed by atoms with E-state index in [1.807, 2.05) is 17.0 Å². The maximum atomic E-state index is 12.7. The molecule has 2 aromatic rings. The number of likely N-dealkylation sites (tertiary alicyclic amines) is 2. The topological polar surface area (TPSA) is 23.6 Å². The van der Waals surface area contributed by atoms with Crippen LogP contribution >= 0.6 is 11.6 Å². The number of halogens is 4. The van der Waals surface area contributed by atoms with Crippen LogP contribution in [-0.4, -0.2) is 41.9 Å². The van der Waals surface area contributed by atoms with Crippen molar-refractivity contribution in [3.8, 4) is 0 Å². The van der Waals surface area contributed by atoms with Crippen molar-refractivity contribution in [1.82, 2.24) is 9.80 Å². The molecule has 0 atom stereocenters. The summed E-state index contributed by atoms with van der Waals surface area (Å²) in [5.41, 5.74) is 1.46. The summed E-state index contributed by atoms with van der Waals surface area (Å²) in [5.74, 6) is 0.148. The highest BCUT2D eigenvalue weighted by Crippen LogP contribution is 2.41. The zero-order valence-electron chi connectivity index (χ0n) is 16.6. The molecule has 30 heavy (non-hydrogen) atoms. The van der Waals surface area contributed by atoms with E-state index in [1.54, 1.807) is 24.3 Å². The lowest BCUT2D eigenvalue weighted by Gasteiger charge is -2.54. The highest BCUT2D eigenvalue weighted by molar-refractivity contribution is 6.30. The van der Waals surface area contributed by atoms with Crippen LogP contribution in [0.3, 0.4) is 0 Å². The van der Waals surface area contributed by atoms with Crippen LogP contribution < -0.4 is 0 Å². The number of hydrogen-bond acceptors (Lipinski definition) is 2. The Morgan fingerprint density at radius 1 is 0.933 bits per heavy atom. The Bertz CT molecular complexity index is 880. The summed E-state index contributed by atoms with van der Waals surface area (Å²) in [4.78, 5) is 16.7. The smallest absolute Gasteiger partial charge is 0.341 e. The van der Waals surface area contributed by atoms with Gasteiger partial charge in [0, 0.05) is 30.1 Å². The molecule has 2 aromatic carbocycles. The van der Waals surface area contributed by atoms with E-state index in [0.29, 0.717) is 18.0 Å². The summed E-state index contributed by atoms with van der Waals surface area (Å²) in [6.45, 7) is 4.06. The zero-order valence-corrected chi connectivity index (χ0v) is 17.3. The molecule has 0 N–H and O–H groups in total. The highest BCUT2D eigenvalue weighted by Gasteiger charge is 2.46. The second-order valence-electron chi connectivity index (χ2n) is 8.52. The molecular formula is C23H24ClF3N2O. The molecule has 1 spiro atoms. The minimum atomic E-state index is -4.29. The van der Waals surface area contributed by atoms with Crippen molar-refractivity contribution < 1.29 is 18.0 Å². The van der Waals surface area contributed by atoms with Gasteiger partial charge in [-0.05, 0) is 61.3 Å². The van der Waals surface area contributed by atoms with E-state index in [4.69, 9.17) is 11.6 Å². The van der Waals surface area contributed by atoms with Crippen LogP contribution in [0.15, 0.2) is 48.5 Å². The number of alkyl halides is 3. The van der Waals surface area contributed by atoms with Crippen LogP contribution in [0.4, 0.5) is 13.2 Å². The molecule has 2 heterocycles. The number of amides is 1. The average Bonchev–Trinajstić information content (AvgIpc) is 2.68. The molecule has 160 valence electrons. The Kier molecular flexibility index (Phi) is 5.82. The van der Waals surface area contributed by atoms with Crippen LogP contribution in [-0.2, 0) is 23.9 Å². The number of piperidine rings is 1. The maximum Gasteiger partial charge on any atom is 0.416 e. The van der Waals surface area contributed by atoms with E-state index < -0.39 is 11.7 Å². The maximum absolute atomic E-state index is 12.7. The van der Waals surface area contributed by atoms with Crippen molar-refractivity contribution in [2.24, 2.45) is 5.41 Å². The number of hydrogen-bond donors (Lipinski definition) is 0. The minimum Gasteiger partial charge on any atom is -0.341 e. The monoisotopic (exact) mass is 436 g/mol. The SMILES string of the molecule is O=C(Cc1ccc(Cl)cc1)N1CC2(CCN(Cc3ccc(C(F)(F)F)cc3)CC2)C1. The van der Waals surface area contributed by atoms with E-state index in [-0.39, 0.29) is 11.3 Å². The Hall–Kier alpha value is -2.05. The number of rotatable bonds is 4. The summed E-state index contributed by atoms with van der Waals surface area (Å²) >= 11 is 5.89. The average molecular weight is 437 g/mol. The summed E-state index contributed by atoms with van der Waals surface area (Å²) in [7, 11) is 0. The van der Waals surface area contributed by atoms with Crippen LogP contribution in [0.25, 0.3) is 0 Å². The van der Waals surface area contributed by atoms with Crippen molar-refractivity contribution in [2.75, 3.05) is 26.2 Å². The molecular weight excluding hydrogens is 413 g/mol. The molecule has 2 aliphatic heterocycles. The molecule has 2 saturated heterocycles. The summed E-state index contributed by atoms with van der Waals surface area (Å²) in [5, 5.41) is 0.664. The first kappa shape index (κ1) is 21.2. The van der Waals surface area contributed by atoms with Crippen molar-refractivity contribution in [1.29, 1.82) is 0 Å². The Balaban J connectivity index is 1.23. The van der Waals surface area contributed by atoms with E-state index in [2.05, 4.69) is 4.90 Å². The van der Waals surface area contributed by atoms with Crippen LogP contribution in [0.1, 0.15) is 29.5 Å². The second kappa shape index (κ2) is 8.23. The first-order valence-corrected chi connectivity index (χ1v) is 10.5. The molecule has 0 radical (unpaired) electrons. The van der Waals surface area contributed by atoms with Crippen LogP contribution in [0, 0.1) is 5.41 Å². The molecule has 0 aliphatic carbocycles. The van der Waals surface area contributed by atoms with E-state index in [9.17, 15) is 18.0 Å². The summed E-state index contributed by atoms with van der Waals surface area (Å²) in [6.07, 6.45) is -1.87. The number of carbonyl (C=O) groups is 1. The number of benzene rings is 2.